The lowest BCUT2D eigenvalue weighted by Gasteiger charge is -2.05. The normalized spacial score (nSPS) is 8.77. The SMILES string of the molecule is CCOC(=N)c1ccccc1Cl.Cl. The minimum Gasteiger partial charge on any atom is -0.478 e. The molecule has 2 nitrogen and oxygen atoms in total. The summed E-state index contributed by atoms with van der Waals surface area (Å²) < 4.78 is 5.01. The van der Waals surface area contributed by atoms with E-state index < -0.39 is 0 Å². The molecule has 0 aliphatic heterocycles. The smallest absolute Gasteiger partial charge is 0.214 e. The van der Waals surface area contributed by atoms with Crippen molar-refractivity contribution in [1.29, 1.82) is 5.41 Å². The van der Waals surface area contributed by atoms with Crippen LogP contribution in [-0.4, -0.2) is 12.5 Å². The van der Waals surface area contributed by atoms with Crippen LogP contribution in [-0.2, 0) is 4.74 Å². The summed E-state index contributed by atoms with van der Waals surface area (Å²) in [5.41, 5.74) is 0.640. The molecule has 0 aliphatic carbocycles. The Kier molecular flexibility index (Phi) is 5.51. The van der Waals surface area contributed by atoms with Crippen molar-refractivity contribution < 1.29 is 4.74 Å². The van der Waals surface area contributed by atoms with Gasteiger partial charge in [-0.3, -0.25) is 5.41 Å². The zero-order chi connectivity index (χ0) is 8.97. The van der Waals surface area contributed by atoms with Crippen molar-refractivity contribution >= 4 is 29.9 Å². The van der Waals surface area contributed by atoms with Gasteiger partial charge in [0.05, 0.1) is 17.2 Å². The summed E-state index contributed by atoms with van der Waals surface area (Å²) in [6, 6.07) is 7.16. The van der Waals surface area contributed by atoms with Gasteiger partial charge in [-0.1, -0.05) is 23.7 Å². The van der Waals surface area contributed by atoms with Crippen molar-refractivity contribution in [3.63, 3.8) is 0 Å². The van der Waals surface area contributed by atoms with Gasteiger partial charge in [0, 0.05) is 0 Å². The fourth-order valence-corrected chi connectivity index (χ4v) is 1.09. The van der Waals surface area contributed by atoms with Crippen LogP contribution in [0.15, 0.2) is 24.3 Å². The summed E-state index contributed by atoms with van der Waals surface area (Å²) in [6.45, 7) is 2.33. The molecule has 0 heterocycles. The number of halogens is 2. The summed E-state index contributed by atoms with van der Waals surface area (Å²) in [6.07, 6.45) is 0. The third-order valence-corrected chi connectivity index (χ3v) is 1.74. The number of nitrogens with one attached hydrogen (secondary N) is 1. The molecule has 0 amide bonds. The highest BCUT2D eigenvalue weighted by Crippen LogP contribution is 2.15. The zero-order valence-corrected chi connectivity index (χ0v) is 8.78. The maximum absolute atomic E-state index is 7.46. The van der Waals surface area contributed by atoms with Crippen LogP contribution >= 0.6 is 24.0 Å². The van der Waals surface area contributed by atoms with Crippen LogP contribution in [0.1, 0.15) is 12.5 Å². The summed E-state index contributed by atoms with van der Waals surface area (Å²) >= 11 is 5.83. The quantitative estimate of drug-likeness (QED) is 0.602. The van der Waals surface area contributed by atoms with Crippen LogP contribution in [0.5, 0.6) is 0 Å². The lowest BCUT2D eigenvalue weighted by Crippen LogP contribution is -2.04. The van der Waals surface area contributed by atoms with E-state index in [-0.39, 0.29) is 18.3 Å². The average molecular weight is 220 g/mol. The van der Waals surface area contributed by atoms with E-state index in [1.54, 1.807) is 12.1 Å². The van der Waals surface area contributed by atoms with Gasteiger partial charge in [-0.25, -0.2) is 0 Å². The van der Waals surface area contributed by atoms with Gasteiger partial charge in [0.15, 0.2) is 0 Å². The average Bonchev–Trinajstić information content (AvgIpc) is 2.05. The molecular formula is C9H11Cl2NO. The van der Waals surface area contributed by atoms with Gasteiger partial charge in [0.2, 0.25) is 5.90 Å². The van der Waals surface area contributed by atoms with E-state index in [4.69, 9.17) is 21.7 Å². The predicted octanol–water partition coefficient (Wildman–Crippen LogP) is 3.12. The molecule has 0 spiro atoms. The maximum atomic E-state index is 7.46. The molecule has 0 saturated heterocycles. The zero-order valence-electron chi connectivity index (χ0n) is 7.21. The Morgan fingerprint density at radius 3 is 2.62 bits per heavy atom. The minimum atomic E-state index is 0. The highest BCUT2D eigenvalue weighted by Gasteiger charge is 2.04. The molecule has 13 heavy (non-hydrogen) atoms. The molecule has 1 rings (SSSR count). The fourth-order valence-electron chi connectivity index (χ4n) is 0.867. The lowest BCUT2D eigenvalue weighted by molar-refractivity contribution is 0.325. The molecule has 0 radical (unpaired) electrons. The maximum Gasteiger partial charge on any atom is 0.214 e. The van der Waals surface area contributed by atoms with E-state index in [2.05, 4.69) is 0 Å². The first-order chi connectivity index (χ1) is 5.75. The molecule has 4 heteroatoms. The van der Waals surface area contributed by atoms with Gasteiger partial charge in [0.1, 0.15) is 0 Å². The van der Waals surface area contributed by atoms with E-state index in [1.807, 2.05) is 19.1 Å². The summed E-state index contributed by atoms with van der Waals surface area (Å²) in [4.78, 5) is 0. The molecule has 1 aromatic rings. The molecule has 0 aliphatic rings. The third-order valence-electron chi connectivity index (χ3n) is 1.41. The first-order valence-corrected chi connectivity index (χ1v) is 4.09. The monoisotopic (exact) mass is 219 g/mol. The third kappa shape index (κ3) is 3.25. The van der Waals surface area contributed by atoms with Crippen LogP contribution in [0.2, 0.25) is 5.02 Å². The number of benzene rings is 1. The van der Waals surface area contributed by atoms with E-state index in [9.17, 15) is 0 Å². The molecule has 0 aromatic heterocycles. The molecule has 0 atom stereocenters. The Labute approximate surface area is 88.8 Å². The van der Waals surface area contributed by atoms with Crippen LogP contribution in [0.25, 0.3) is 0 Å². The lowest BCUT2D eigenvalue weighted by atomic mass is 10.2. The molecule has 72 valence electrons. The van der Waals surface area contributed by atoms with Gasteiger partial charge in [-0.15, -0.1) is 12.4 Å². The Bertz CT molecular complexity index is 289. The van der Waals surface area contributed by atoms with Crippen molar-refractivity contribution in [3.8, 4) is 0 Å². The van der Waals surface area contributed by atoms with Crippen molar-refractivity contribution in [3.05, 3.63) is 34.9 Å². The number of hydrogen-bond acceptors (Lipinski definition) is 2. The topological polar surface area (TPSA) is 33.1 Å². The summed E-state index contributed by atoms with van der Waals surface area (Å²) in [5, 5.41) is 8.02. The highest BCUT2D eigenvalue weighted by molar-refractivity contribution is 6.33. The second-order valence-electron chi connectivity index (χ2n) is 2.24. The van der Waals surface area contributed by atoms with Crippen LogP contribution < -0.4 is 0 Å². The van der Waals surface area contributed by atoms with E-state index >= 15 is 0 Å². The first kappa shape index (κ1) is 12.3. The largest absolute Gasteiger partial charge is 0.478 e. The van der Waals surface area contributed by atoms with Gasteiger partial charge in [-0.2, -0.15) is 0 Å². The molecule has 0 unspecified atom stereocenters. The van der Waals surface area contributed by atoms with E-state index in [0.29, 0.717) is 17.2 Å². The van der Waals surface area contributed by atoms with Gasteiger partial charge < -0.3 is 4.74 Å². The Hall–Kier alpha value is -0.730. The molecule has 1 aromatic carbocycles. The number of rotatable bonds is 2. The Morgan fingerprint density at radius 1 is 1.46 bits per heavy atom. The Morgan fingerprint density at radius 2 is 2.08 bits per heavy atom. The first-order valence-electron chi connectivity index (χ1n) is 3.72. The molecular weight excluding hydrogens is 209 g/mol. The second kappa shape index (κ2) is 5.84. The summed E-state index contributed by atoms with van der Waals surface area (Å²) in [7, 11) is 0. The van der Waals surface area contributed by atoms with E-state index in [1.165, 1.54) is 0 Å². The Balaban J connectivity index is 0.00000144. The molecule has 0 fully saturated rings. The fraction of sp³-hybridized carbons (Fsp3) is 0.222. The number of hydrogen-bond donors (Lipinski definition) is 1. The van der Waals surface area contributed by atoms with Crippen LogP contribution in [0, 0.1) is 5.41 Å². The number of ether oxygens (including phenoxy) is 1. The standard InChI is InChI=1S/C9H10ClNO.ClH/c1-2-12-9(11)7-5-3-4-6-8(7)10;/h3-6,11H,2H2,1H3;1H. The molecule has 0 bridgehead atoms. The predicted molar refractivity (Wildman–Crippen MR) is 57.2 cm³/mol. The van der Waals surface area contributed by atoms with Gasteiger partial charge >= 0.3 is 0 Å². The van der Waals surface area contributed by atoms with Crippen molar-refractivity contribution in [2.75, 3.05) is 6.61 Å². The molecule has 0 saturated carbocycles. The van der Waals surface area contributed by atoms with Gasteiger partial charge in [0.25, 0.3) is 0 Å². The van der Waals surface area contributed by atoms with Crippen LogP contribution in [0.4, 0.5) is 0 Å². The van der Waals surface area contributed by atoms with Crippen molar-refractivity contribution in [2.45, 2.75) is 6.92 Å². The minimum absolute atomic E-state index is 0. The van der Waals surface area contributed by atoms with E-state index in [0.717, 1.165) is 0 Å². The molecule has 1 N–H and O–H groups in total. The van der Waals surface area contributed by atoms with Crippen LogP contribution in [0.3, 0.4) is 0 Å². The van der Waals surface area contributed by atoms with Gasteiger partial charge in [-0.05, 0) is 19.1 Å². The van der Waals surface area contributed by atoms with Crippen molar-refractivity contribution in [1.82, 2.24) is 0 Å². The highest BCUT2D eigenvalue weighted by atomic mass is 35.5. The summed E-state index contributed by atoms with van der Waals surface area (Å²) in [5.74, 6) is 0.128. The van der Waals surface area contributed by atoms with Crippen molar-refractivity contribution in [2.24, 2.45) is 0 Å². The second-order valence-corrected chi connectivity index (χ2v) is 2.65.